The summed E-state index contributed by atoms with van der Waals surface area (Å²) in [5, 5.41) is 11.8. The van der Waals surface area contributed by atoms with Gasteiger partial charge in [0, 0.05) is 12.8 Å². The number of rotatable bonds is 54. The van der Waals surface area contributed by atoms with Crippen molar-refractivity contribution in [3.63, 3.8) is 0 Å². The summed E-state index contributed by atoms with van der Waals surface area (Å²) in [6.45, 7) is 4.73. The van der Waals surface area contributed by atoms with Gasteiger partial charge in [-0.1, -0.05) is 222 Å². The molecular formula is C62H111NO8. The lowest BCUT2D eigenvalue weighted by Gasteiger charge is -2.26. The van der Waals surface area contributed by atoms with Crippen LogP contribution in [0.5, 0.6) is 0 Å². The van der Waals surface area contributed by atoms with Gasteiger partial charge in [0.05, 0.1) is 40.3 Å². The summed E-state index contributed by atoms with van der Waals surface area (Å²) >= 11 is 0. The average molecular weight is 999 g/mol. The number of aliphatic carboxylic acids is 1. The summed E-state index contributed by atoms with van der Waals surface area (Å²) in [5.74, 6) is -2.29. The van der Waals surface area contributed by atoms with Crippen molar-refractivity contribution in [2.24, 2.45) is 0 Å². The Morgan fingerprint density at radius 3 is 1.13 bits per heavy atom. The van der Waals surface area contributed by atoms with Crippen molar-refractivity contribution in [3.8, 4) is 0 Å². The predicted octanol–water partition coefficient (Wildman–Crippen LogP) is 15.9. The number of nitrogens with zero attached hydrogens (tertiary/aromatic N) is 1. The van der Waals surface area contributed by atoms with Crippen LogP contribution in [0, 0.1) is 0 Å². The maximum atomic E-state index is 12.9. The quantitative estimate of drug-likeness (QED) is 0.0195. The lowest BCUT2D eigenvalue weighted by atomic mass is 10.0. The number of carboxylic acids is 1. The average Bonchev–Trinajstić information content (AvgIpc) is 3.34. The standard InChI is InChI=1S/C62H111NO8/c1-6-8-10-12-14-16-18-20-22-24-26-28-30-32-34-36-38-40-42-44-46-48-50-52-59(64)69-56-58(57-70-62(61(66)67)68-55-54-63(3,4)5)71-60(65)53-51-49-47-45-43-41-39-37-35-33-31-29-27-25-23-21-19-17-15-13-11-9-7-2/h18-21,24-27,31,33,58,62H,6-17,22-23,28-30,32,34-57H2,1-5H3/b20-18-,21-19-,26-24-,27-25-,33-31-. The van der Waals surface area contributed by atoms with Gasteiger partial charge in [0.15, 0.2) is 12.4 Å². The number of carboxylic acid groups (broad SMARTS) is 1. The Morgan fingerprint density at radius 2 is 0.761 bits per heavy atom. The first kappa shape index (κ1) is 68.0. The number of hydrogen-bond acceptors (Lipinski definition) is 8. The highest BCUT2D eigenvalue weighted by atomic mass is 16.7. The Balaban J connectivity index is 4.27. The third-order valence-electron chi connectivity index (χ3n) is 12.7. The molecule has 0 spiro atoms. The van der Waals surface area contributed by atoms with E-state index in [0.29, 0.717) is 17.4 Å². The summed E-state index contributed by atoms with van der Waals surface area (Å²) in [6, 6.07) is 0. The molecule has 0 aromatic carbocycles. The Kier molecular flexibility index (Phi) is 51.0. The van der Waals surface area contributed by atoms with Gasteiger partial charge in [0.25, 0.3) is 0 Å². The highest BCUT2D eigenvalue weighted by molar-refractivity contribution is 5.70. The van der Waals surface area contributed by atoms with Crippen LogP contribution in [-0.2, 0) is 33.3 Å². The predicted molar refractivity (Wildman–Crippen MR) is 297 cm³/mol. The number of unbranched alkanes of at least 4 members (excludes halogenated alkanes) is 29. The minimum atomic E-state index is -1.63. The van der Waals surface area contributed by atoms with Crippen LogP contribution < -0.4 is 5.11 Å². The van der Waals surface area contributed by atoms with E-state index in [1.807, 2.05) is 21.1 Å². The topological polar surface area (TPSA) is 111 Å². The molecule has 0 aromatic rings. The first-order chi connectivity index (χ1) is 34.6. The molecule has 0 bridgehead atoms. The summed E-state index contributed by atoms with van der Waals surface area (Å²) in [7, 11) is 5.92. The molecule has 71 heavy (non-hydrogen) atoms. The molecule has 0 aliphatic carbocycles. The molecule has 0 fully saturated rings. The zero-order valence-electron chi connectivity index (χ0n) is 46.8. The maximum absolute atomic E-state index is 12.9. The monoisotopic (exact) mass is 998 g/mol. The van der Waals surface area contributed by atoms with Crippen molar-refractivity contribution in [1.82, 2.24) is 0 Å². The summed E-state index contributed by atoms with van der Waals surface area (Å²) in [4.78, 5) is 37.3. The van der Waals surface area contributed by atoms with Crippen LogP contribution in [0.2, 0.25) is 0 Å². The van der Waals surface area contributed by atoms with Crippen molar-refractivity contribution in [2.75, 3.05) is 47.5 Å². The number of carbonyl (C=O) groups excluding carboxylic acids is 3. The molecule has 0 saturated carbocycles. The van der Waals surface area contributed by atoms with E-state index in [4.69, 9.17) is 18.9 Å². The number of carbonyl (C=O) groups is 3. The van der Waals surface area contributed by atoms with E-state index < -0.39 is 24.3 Å². The molecule has 0 aromatic heterocycles. The van der Waals surface area contributed by atoms with Gasteiger partial charge in [-0.05, 0) is 83.5 Å². The van der Waals surface area contributed by atoms with Gasteiger partial charge in [-0.2, -0.15) is 0 Å². The molecule has 0 rings (SSSR count). The van der Waals surface area contributed by atoms with Crippen LogP contribution in [0.1, 0.15) is 258 Å². The van der Waals surface area contributed by atoms with Gasteiger partial charge in [0.2, 0.25) is 0 Å². The third kappa shape index (κ3) is 54.6. The lowest BCUT2D eigenvalue weighted by molar-refractivity contribution is -0.870. The second-order valence-corrected chi connectivity index (χ2v) is 20.9. The normalized spacial score (nSPS) is 13.2. The molecule has 412 valence electrons. The summed E-state index contributed by atoms with van der Waals surface area (Å²) in [5.41, 5.74) is 0. The van der Waals surface area contributed by atoms with E-state index in [-0.39, 0.29) is 38.6 Å². The Bertz CT molecular complexity index is 1350. The molecule has 0 radical (unpaired) electrons. The third-order valence-corrected chi connectivity index (χ3v) is 12.7. The zero-order valence-corrected chi connectivity index (χ0v) is 46.8. The van der Waals surface area contributed by atoms with Crippen LogP contribution in [-0.4, -0.2) is 82.3 Å². The van der Waals surface area contributed by atoms with Gasteiger partial charge in [-0.3, -0.25) is 9.59 Å². The van der Waals surface area contributed by atoms with E-state index in [1.165, 1.54) is 161 Å². The SMILES string of the molecule is CCCCCCC/C=C\C/C=C\C/C=C\CCCCCCCCCCC(=O)OC(COC(=O)CCCCCCCCCCCCC/C=C\C/C=C\CCCCCCC)COC(OCC[N+](C)(C)C)C(=O)[O-]. The fourth-order valence-electron chi connectivity index (χ4n) is 8.16. The molecule has 2 unspecified atom stereocenters. The van der Waals surface area contributed by atoms with E-state index in [1.54, 1.807) is 0 Å². The fraction of sp³-hybridized carbons (Fsp3) is 0.790. The molecule has 9 nitrogen and oxygen atoms in total. The van der Waals surface area contributed by atoms with E-state index in [2.05, 4.69) is 74.6 Å². The van der Waals surface area contributed by atoms with Crippen LogP contribution in [0.3, 0.4) is 0 Å². The van der Waals surface area contributed by atoms with Crippen LogP contribution in [0.15, 0.2) is 60.8 Å². The molecule has 0 aliphatic rings. The van der Waals surface area contributed by atoms with E-state index in [0.717, 1.165) is 64.2 Å². The second-order valence-electron chi connectivity index (χ2n) is 20.9. The van der Waals surface area contributed by atoms with Crippen LogP contribution in [0.25, 0.3) is 0 Å². The minimum absolute atomic E-state index is 0.144. The van der Waals surface area contributed by atoms with Crippen molar-refractivity contribution >= 4 is 17.9 Å². The van der Waals surface area contributed by atoms with Crippen LogP contribution in [0.4, 0.5) is 0 Å². The van der Waals surface area contributed by atoms with Gasteiger partial charge in [-0.15, -0.1) is 0 Å². The highest BCUT2D eigenvalue weighted by Gasteiger charge is 2.22. The van der Waals surface area contributed by atoms with Gasteiger partial charge in [0.1, 0.15) is 13.2 Å². The molecule has 0 N–H and O–H groups in total. The number of esters is 2. The second kappa shape index (κ2) is 53.3. The summed E-state index contributed by atoms with van der Waals surface area (Å²) < 4.78 is 22.7. The Labute approximate surface area is 437 Å². The van der Waals surface area contributed by atoms with Crippen molar-refractivity contribution in [2.45, 2.75) is 270 Å². The van der Waals surface area contributed by atoms with E-state index in [9.17, 15) is 19.5 Å². The number of quaternary nitrogens is 1. The van der Waals surface area contributed by atoms with Crippen molar-refractivity contribution in [1.29, 1.82) is 0 Å². The lowest BCUT2D eigenvalue weighted by Crippen LogP contribution is -2.44. The van der Waals surface area contributed by atoms with Crippen LogP contribution >= 0.6 is 0 Å². The molecule has 2 atom stereocenters. The number of likely N-dealkylation sites (N-methyl/N-ethyl adjacent to an activating group) is 1. The first-order valence-electron chi connectivity index (χ1n) is 29.4. The molecular weight excluding hydrogens is 887 g/mol. The van der Waals surface area contributed by atoms with Crippen molar-refractivity contribution < 1.29 is 42.9 Å². The van der Waals surface area contributed by atoms with Gasteiger partial charge in [-0.25, -0.2) is 0 Å². The van der Waals surface area contributed by atoms with E-state index >= 15 is 0 Å². The smallest absolute Gasteiger partial charge is 0.306 e. The fourth-order valence-corrected chi connectivity index (χ4v) is 8.16. The van der Waals surface area contributed by atoms with Gasteiger partial charge < -0.3 is 33.3 Å². The Morgan fingerprint density at radius 1 is 0.423 bits per heavy atom. The maximum Gasteiger partial charge on any atom is 0.306 e. The molecule has 0 amide bonds. The summed E-state index contributed by atoms with van der Waals surface area (Å²) in [6.07, 6.45) is 64.0. The zero-order chi connectivity index (χ0) is 52.0. The largest absolute Gasteiger partial charge is 0.545 e. The van der Waals surface area contributed by atoms with Gasteiger partial charge >= 0.3 is 11.9 Å². The molecule has 0 aliphatic heterocycles. The van der Waals surface area contributed by atoms with Crippen molar-refractivity contribution in [3.05, 3.63) is 60.8 Å². The number of allylic oxidation sites excluding steroid dienone is 10. The molecule has 0 heterocycles. The molecule has 0 saturated heterocycles. The minimum Gasteiger partial charge on any atom is -0.545 e. The Hall–Kier alpha value is -3.01. The first-order valence-corrected chi connectivity index (χ1v) is 29.4. The number of ether oxygens (including phenoxy) is 4. The highest BCUT2D eigenvalue weighted by Crippen LogP contribution is 2.15. The molecule has 9 heteroatoms. The number of hydrogen-bond donors (Lipinski definition) is 0.